The molecule has 0 amide bonds. The molecule has 1 aliphatic rings. The fraction of sp³-hybridized carbons (Fsp3) is 0.684. The Kier molecular flexibility index (Phi) is 7.50. The second-order valence-electron chi connectivity index (χ2n) is 6.78. The van der Waals surface area contributed by atoms with Crippen LogP contribution in [0.5, 0.6) is 0 Å². The molecule has 0 unspecified atom stereocenters. The highest BCUT2D eigenvalue weighted by atomic mass is 16.5. The molecule has 0 atom stereocenters. The van der Waals surface area contributed by atoms with E-state index in [-0.39, 0.29) is 0 Å². The number of aromatic nitrogens is 1. The number of hydrogen-bond acceptors (Lipinski definition) is 3. The summed E-state index contributed by atoms with van der Waals surface area (Å²) in [4.78, 5) is 9.17. The maximum atomic E-state index is 5.26. The number of methoxy groups -OCH3 is 1. The van der Waals surface area contributed by atoms with Gasteiger partial charge in [0.1, 0.15) is 0 Å². The Balaban J connectivity index is 1.82. The SMILES string of the molecule is CCNC(=NCC1(CCOC)CCC1)NCCc1ccc(C)nc1. The molecule has 24 heavy (non-hydrogen) atoms. The summed E-state index contributed by atoms with van der Waals surface area (Å²) in [6, 6.07) is 4.20. The summed E-state index contributed by atoms with van der Waals surface area (Å²) in [5.41, 5.74) is 2.67. The Morgan fingerprint density at radius 3 is 2.75 bits per heavy atom. The smallest absolute Gasteiger partial charge is 0.191 e. The standard InChI is InChI=1S/C19H32N4O/c1-4-20-18(21-12-8-17-7-6-16(2)22-14-17)23-15-19(9-5-10-19)11-13-24-3/h6-7,14H,4-5,8-13,15H2,1-3H3,(H2,20,21,23). The Hall–Kier alpha value is -1.62. The summed E-state index contributed by atoms with van der Waals surface area (Å²) in [6.07, 6.45) is 7.88. The lowest BCUT2D eigenvalue weighted by Gasteiger charge is -2.40. The number of aliphatic imine (C=N–C) groups is 1. The van der Waals surface area contributed by atoms with E-state index in [1.807, 2.05) is 13.1 Å². The zero-order valence-corrected chi connectivity index (χ0v) is 15.4. The zero-order chi connectivity index (χ0) is 17.3. The van der Waals surface area contributed by atoms with Gasteiger partial charge in [-0.3, -0.25) is 9.98 Å². The molecule has 0 spiro atoms. The number of guanidine groups is 1. The largest absolute Gasteiger partial charge is 0.385 e. The molecule has 5 heteroatoms. The van der Waals surface area contributed by atoms with Crippen LogP contribution in [-0.4, -0.2) is 44.3 Å². The highest BCUT2D eigenvalue weighted by Gasteiger charge is 2.36. The van der Waals surface area contributed by atoms with Crippen LogP contribution >= 0.6 is 0 Å². The van der Waals surface area contributed by atoms with Crippen molar-refractivity contribution < 1.29 is 4.74 Å². The van der Waals surface area contributed by atoms with Gasteiger partial charge in [0, 0.05) is 45.2 Å². The minimum atomic E-state index is 0.360. The summed E-state index contributed by atoms with van der Waals surface area (Å²) in [5.74, 6) is 0.918. The van der Waals surface area contributed by atoms with Gasteiger partial charge < -0.3 is 15.4 Å². The van der Waals surface area contributed by atoms with Crippen molar-refractivity contribution in [2.75, 3.05) is 33.4 Å². The number of aryl methyl sites for hydroxylation is 1. The molecule has 1 aromatic rings. The van der Waals surface area contributed by atoms with Gasteiger partial charge in [0.05, 0.1) is 0 Å². The van der Waals surface area contributed by atoms with Gasteiger partial charge in [-0.2, -0.15) is 0 Å². The molecule has 1 heterocycles. The molecule has 0 radical (unpaired) electrons. The lowest BCUT2D eigenvalue weighted by molar-refractivity contribution is 0.0778. The van der Waals surface area contributed by atoms with Crippen LogP contribution in [0.3, 0.4) is 0 Å². The summed E-state index contributed by atoms with van der Waals surface area (Å²) < 4.78 is 5.26. The van der Waals surface area contributed by atoms with Crippen LogP contribution in [-0.2, 0) is 11.2 Å². The Morgan fingerprint density at radius 1 is 1.33 bits per heavy atom. The summed E-state index contributed by atoms with van der Waals surface area (Å²) in [7, 11) is 1.78. The van der Waals surface area contributed by atoms with Crippen molar-refractivity contribution in [1.82, 2.24) is 15.6 Å². The van der Waals surface area contributed by atoms with Crippen molar-refractivity contribution in [3.63, 3.8) is 0 Å². The first-order valence-corrected chi connectivity index (χ1v) is 9.10. The summed E-state index contributed by atoms with van der Waals surface area (Å²) in [6.45, 7) is 7.57. The van der Waals surface area contributed by atoms with E-state index in [2.05, 4.69) is 34.7 Å². The van der Waals surface area contributed by atoms with E-state index in [0.29, 0.717) is 5.41 Å². The van der Waals surface area contributed by atoms with Crippen LogP contribution in [0.15, 0.2) is 23.3 Å². The topological polar surface area (TPSA) is 58.5 Å². The van der Waals surface area contributed by atoms with E-state index in [0.717, 1.165) is 50.7 Å². The predicted molar refractivity (Wildman–Crippen MR) is 99.4 cm³/mol. The van der Waals surface area contributed by atoms with Crippen molar-refractivity contribution in [2.24, 2.45) is 10.4 Å². The summed E-state index contributed by atoms with van der Waals surface area (Å²) in [5, 5.41) is 6.79. The van der Waals surface area contributed by atoms with Crippen LogP contribution in [0.25, 0.3) is 0 Å². The predicted octanol–water partition coefficient (Wildman–Crippen LogP) is 2.69. The highest BCUT2D eigenvalue weighted by molar-refractivity contribution is 5.79. The molecule has 1 saturated carbocycles. The van der Waals surface area contributed by atoms with Crippen molar-refractivity contribution in [3.8, 4) is 0 Å². The lowest BCUT2D eigenvalue weighted by atomic mass is 9.67. The lowest BCUT2D eigenvalue weighted by Crippen LogP contribution is -2.41. The molecule has 1 fully saturated rings. The van der Waals surface area contributed by atoms with E-state index in [4.69, 9.17) is 9.73 Å². The highest BCUT2D eigenvalue weighted by Crippen LogP contribution is 2.44. The maximum absolute atomic E-state index is 5.26. The van der Waals surface area contributed by atoms with Gasteiger partial charge in [-0.1, -0.05) is 12.5 Å². The fourth-order valence-electron chi connectivity index (χ4n) is 3.04. The zero-order valence-electron chi connectivity index (χ0n) is 15.4. The van der Waals surface area contributed by atoms with E-state index >= 15 is 0 Å². The normalized spacial score (nSPS) is 16.5. The monoisotopic (exact) mass is 332 g/mol. The molecule has 0 aliphatic heterocycles. The van der Waals surface area contributed by atoms with E-state index < -0.39 is 0 Å². The van der Waals surface area contributed by atoms with E-state index in [1.165, 1.54) is 24.8 Å². The molecule has 2 N–H and O–H groups in total. The number of nitrogens with zero attached hydrogens (tertiary/aromatic N) is 2. The molecular formula is C19H32N4O. The Labute approximate surface area is 146 Å². The first-order valence-electron chi connectivity index (χ1n) is 9.10. The molecule has 0 saturated heterocycles. The molecular weight excluding hydrogens is 300 g/mol. The third-order valence-corrected chi connectivity index (χ3v) is 4.85. The van der Waals surface area contributed by atoms with Crippen LogP contribution in [0.4, 0.5) is 0 Å². The minimum absolute atomic E-state index is 0.360. The first-order chi connectivity index (χ1) is 11.7. The number of rotatable bonds is 9. The van der Waals surface area contributed by atoms with Crippen LogP contribution in [0, 0.1) is 12.3 Å². The Morgan fingerprint density at radius 2 is 2.17 bits per heavy atom. The van der Waals surface area contributed by atoms with Gasteiger partial charge in [-0.25, -0.2) is 0 Å². The minimum Gasteiger partial charge on any atom is -0.385 e. The van der Waals surface area contributed by atoms with Crippen molar-refractivity contribution >= 4 is 5.96 Å². The first kappa shape index (κ1) is 18.7. The van der Waals surface area contributed by atoms with Gasteiger partial charge in [-0.05, 0) is 56.6 Å². The second kappa shape index (κ2) is 9.62. The van der Waals surface area contributed by atoms with Crippen molar-refractivity contribution in [3.05, 3.63) is 29.6 Å². The molecule has 1 aromatic heterocycles. The van der Waals surface area contributed by atoms with Crippen LogP contribution < -0.4 is 10.6 Å². The second-order valence-corrected chi connectivity index (χ2v) is 6.78. The van der Waals surface area contributed by atoms with Crippen molar-refractivity contribution in [1.29, 1.82) is 0 Å². The average molecular weight is 332 g/mol. The van der Waals surface area contributed by atoms with Gasteiger partial charge in [0.15, 0.2) is 5.96 Å². The molecule has 134 valence electrons. The fourth-order valence-corrected chi connectivity index (χ4v) is 3.04. The number of nitrogens with one attached hydrogen (secondary N) is 2. The molecule has 2 rings (SSSR count). The van der Waals surface area contributed by atoms with E-state index in [9.17, 15) is 0 Å². The van der Waals surface area contributed by atoms with Crippen LogP contribution in [0.1, 0.15) is 43.9 Å². The third-order valence-electron chi connectivity index (χ3n) is 4.85. The van der Waals surface area contributed by atoms with Gasteiger partial charge in [-0.15, -0.1) is 0 Å². The van der Waals surface area contributed by atoms with Crippen LogP contribution in [0.2, 0.25) is 0 Å². The third kappa shape index (κ3) is 5.78. The maximum Gasteiger partial charge on any atom is 0.191 e. The Bertz CT molecular complexity index is 509. The van der Waals surface area contributed by atoms with Gasteiger partial charge >= 0.3 is 0 Å². The number of ether oxygens (including phenoxy) is 1. The molecule has 1 aliphatic carbocycles. The molecule has 0 aromatic carbocycles. The quantitative estimate of drug-likeness (QED) is 0.539. The summed E-state index contributed by atoms with van der Waals surface area (Å²) >= 11 is 0. The average Bonchev–Trinajstić information content (AvgIpc) is 2.55. The van der Waals surface area contributed by atoms with Gasteiger partial charge in [0.2, 0.25) is 0 Å². The van der Waals surface area contributed by atoms with Gasteiger partial charge in [0.25, 0.3) is 0 Å². The number of pyridine rings is 1. The van der Waals surface area contributed by atoms with Crippen molar-refractivity contribution in [2.45, 2.75) is 46.0 Å². The number of hydrogen-bond donors (Lipinski definition) is 2. The van der Waals surface area contributed by atoms with E-state index in [1.54, 1.807) is 7.11 Å². The molecule has 0 bridgehead atoms. The molecule has 5 nitrogen and oxygen atoms in total.